The molecule has 1 aromatic carbocycles. The summed E-state index contributed by atoms with van der Waals surface area (Å²) >= 11 is 3.04. The van der Waals surface area contributed by atoms with E-state index in [1.54, 1.807) is 30.6 Å². The summed E-state index contributed by atoms with van der Waals surface area (Å²) < 4.78 is 5.15. The van der Waals surface area contributed by atoms with E-state index < -0.39 is 0 Å². The van der Waals surface area contributed by atoms with E-state index in [1.165, 1.54) is 11.8 Å². The van der Waals surface area contributed by atoms with E-state index in [0.29, 0.717) is 18.0 Å². The largest absolute Gasteiger partial charge is 0.497 e. The molecule has 3 N–H and O–H groups in total. The third kappa shape index (κ3) is 4.18. The number of thioether (sulfide) groups is 1. The van der Waals surface area contributed by atoms with Crippen LogP contribution in [0.15, 0.2) is 40.6 Å². The Hall–Kier alpha value is -1.66. The van der Waals surface area contributed by atoms with Crippen LogP contribution in [0.2, 0.25) is 0 Å². The van der Waals surface area contributed by atoms with Gasteiger partial charge in [-0.15, -0.1) is 23.1 Å². The maximum atomic E-state index is 11.8. The molecule has 106 valence electrons. The molecule has 0 unspecified atom stereocenters. The maximum Gasteiger partial charge on any atom is 0.230 e. The van der Waals surface area contributed by atoms with E-state index in [4.69, 9.17) is 10.5 Å². The number of carbonyl (C=O) groups is 1. The van der Waals surface area contributed by atoms with Gasteiger partial charge in [0, 0.05) is 15.5 Å². The van der Waals surface area contributed by atoms with Crippen molar-refractivity contribution in [2.24, 2.45) is 0 Å². The first-order valence-electron chi connectivity index (χ1n) is 6.04. The molecule has 1 heterocycles. The minimum Gasteiger partial charge on any atom is -0.497 e. The van der Waals surface area contributed by atoms with Crippen molar-refractivity contribution < 1.29 is 9.53 Å². The minimum absolute atomic E-state index is 0.00869. The highest BCUT2D eigenvalue weighted by molar-refractivity contribution is 8.00. The van der Waals surface area contributed by atoms with Crippen molar-refractivity contribution >= 4 is 34.7 Å². The Morgan fingerprint density at radius 2 is 2.30 bits per heavy atom. The van der Waals surface area contributed by atoms with E-state index in [2.05, 4.69) is 5.32 Å². The maximum absolute atomic E-state index is 11.8. The molecule has 0 radical (unpaired) electrons. The van der Waals surface area contributed by atoms with Crippen LogP contribution in [0.4, 0.5) is 5.69 Å². The molecule has 4 nitrogen and oxygen atoms in total. The number of amides is 1. The summed E-state index contributed by atoms with van der Waals surface area (Å²) in [7, 11) is 1.60. The molecule has 0 saturated heterocycles. The molecule has 20 heavy (non-hydrogen) atoms. The Kier molecular flexibility index (Phi) is 5.31. The number of hydrogen-bond acceptors (Lipinski definition) is 5. The zero-order valence-electron chi connectivity index (χ0n) is 11.1. The second kappa shape index (κ2) is 7.21. The molecule has 0 bridgehead atoms. The zero-order valence-corrected chi connectivity index (χ0v) is 12.7. The van der Waals surface area contributed by atoms with Gasteiger partial charge in [-0.25, -0.2) is 0 Å². The molecule has 6 heteroatoms. The van der Waals surface area contributed by atoms with Gasteiger partial charge in [0.15, 0.2) is 0 Å². The van der Waals surface area contributed by atoms with Crippen LogP contribution in [0, 0.1) is 0 Å². The summed E-state index contributed by atoms with van der Waals surface area (Å²) in [4.78, 5) is 13.8. The van der Waals surface area contributed by atoms with Crippen LogP contribution in [0.3, 0.4) is 0 Å². The first-order valence-corrected chi connectivity index (χ1v) is 7.91. The third-order valence-electron chi connectivity index (χ3n) is 2.62. The molecule has 2 rings (SSSR count). The lowest BCUT2D eigenvalue weighted by molar-refractivity contribution is -0.118. The van der Waals surface area contributed by atoms with Crippen molar-refractivity contribution in [1.82, 2.24) is 5.32 Å². The summed E-state index contributed by atoms with van der Waals surface area (Å²) in [6, 6.07) is 9.39. The highest BCUT2D eigenvalue weighted by Gasteiger charge is 2.07. The fraction of sp³-hybridized carbons (Fsp3) is 0.214. The lowest BCUT2D eigenvalue weighted by Crippen LogP contribution is -2.24. The van der Waals surface area contributed by atoms with Gasteiger partial charge < -0.3 is 15.8 Å². The lowest BCUT2D eigenvalue weighted by atomic mass is 10.3. The molecule has 0 fully saturated rings. The van der Waals surface area contributed by atoms with Crippen LogP contribution in [0.1, 0.15) is 4.88 Å². The van der Waals surface area contributed by atoms with Crippen molar-refractivity contribution in [1.29, 1.82) is 0 Å². The SMILES string of the molecule is COc1ccc(N)c(SCC(=O)NCc2cccs2)c1. The number of nitrogen functional groups attached to an aromatic ring is 1. The molecule has 0 atom stereocenters. The first kappa shape index (κ1) is 14.7. The number of ether oxygens (including phenoxy) is 1. The quantitative estimate of drug-likeness (QED) is 0.636. The van der Waals surface area contributed by atoms with Gasteiger partial charge in [-0.2, -0.15) is 0 Å². The Morgan fingerprint density at radius 3 is 3.00 bits per heavy atom. The molecule has 1 aromatic heterocycles. The molecule has 2 aromatic rings. The Morgan fingerprint density at radius 1 is 1.45 bits per heavy atom. The molecule has 0 aliphatic rings. The zero-order chi connectivity index (χ0) is 14.4. The standard InChI is InChI=1S/C14H16N2O2S2/c1-18-10-4-5-12(15)13(7-10)20-9-14(17)16-8-11-3-2-6-19-11/h2-7H,8-9,15H2,1H3,(H,16,17). The van der Waals surface area contributed by atoms with Crippen LogP contribution in [0.5, 0.6) is 5.75 Å². The Bertz CT molecular complexity index is 571. The summed E-state index contributed by atoms with van der Waals surface area (Å²) in [6.45, 7) is 0.574. The molecule has 1 amide bonds. The van der Waals surface area contributed by atoms with Crippen LogP contribution >= 0.6 is 23.1 Å². The predicted molar refractivity (Wildman–Crippen MR) is 84.3 cm³/mol. The fourth-order valence-electron chi connectivity index (χ4n) is 1.56. The number of anilines is 1. The number of carbonyl (C=O) groups excluding carboxylic acids is 1. The van der Waals surface area contributed by atoms with E-state index in [1.807, 2.05) is 23.6 Å². The van der Waals surface area contributed by atoms with E-state index in [0.717, 1.165) is 15.5 Å². The number of benzene rings is 1. The van der Waals surface area contributed by atoms with Crippen molar-refractivity contribution in [2.45, 2.75) is 11.4 Å². The lowest BCUT2D eigenvalue weighted by Gasteiger charge is -2.08. The average molecular weight is 308 g/mol. The highest BCUT2D eigenvalue weighted by Crippen LogP contribution is 2.28. The van der Waals surface area contributed by atoms with Crippen molar-refractivity contribution in [3.8, 4) is 5.75 Å². The van der Waals surface area contributed by atoms with Crippen molar-refractivity contribution in [2.75, 3.05) is 18.6 Å². The molecular formula is C14H16N2O2S2. The van der Waals surface area contributed by atoms with Gasteiger partial charge in [-0.05, 0) is 29.6 Å². The van der Waals surface area contributed by atoms with Crippen LogP contribution in [-0.2, 0) is 11.3 Å². The number of rotatable bonds is 6. The second-order valence-corrected chi connectivity index (χ2v) is 6.10. The number of thiophene rings is 1. The molecular weight excluding hydrogens is 292 g/mol. The number of nitrogens with two attached hydrogens (primary N) is 1. The summed E-state index contributed by atoms with van der Waals surface area (Å²) in [5.41, 5.74) is 6.53. The third-order valence-corrected chi connectivity index (χ3v) is 4.57. The molecule has 0 saturated carbocycles. The normalized spacial score (nSPS) is 10.2. The smallest absolute Gasteiger partial charge is 0.230 e. The second-order valence-electron chi connectivity index (χ2n) is 4.05. The van der Waals surface area contributed by atoms with Crippen LogP contribution < -0.4 is 15.8 Å². The Balaban J connectivity index is 1.83. The summed E-state index contributed by atoms with van der Waals surface area (Å²) in [6.07, 6.45) is 0. The number of methoxy groups -OCH3 is 1. The van der Waals surface area contributed by atoms with Gasteiger partial charge in [-0.1, -0.05) is 6.07 Å². The van der Waals surface area contributed by atoms with Crippen molar-refractivity contribution in [3.63, 3.8) is 0 Å². The first-order chi connectivity index (χ1) is 9.69. The monoisotopic (exact) mass is 308 g/mol. The topological polar surface area (TPSA) is 64.3 Å². The summed E-state index contributed by atoms with van der Waals surface area (Å²) in [5.74, 6) is 1.06. The van der Waals surface area contributed by atoms with Crippen molar-refractivity contribution in [3.05, 3.63) is 40.6 Å². The van der Waals surface area contributed by atoms with E-state index in [9.17, 15) is 4.79 Å². The van der Waals surface area contributed by atoms with Gasteiger partial charge in [-0.3, -0.25) is 4.79 Å². The highest BCUT2D eigenvalue weighted by atomic mass is 32.2. The van der Waals surface area contributed by atoms with Crippen LogP contribution in [-0.4, -0.2) is 18.8 Å². The summed E-state index contributed by atoms with van der Waals surface area (Å²) in [5, 5.41) is 4.88. The van der Waals surface area contributed by atoms with Gasteiger partial charge in [0.1, 0.15) is 5.75 Å². The van der Waals surface area contributed by atoms with Gasteiger partial charge in [0.2, 0.25) is 5.91 Å². The minimum atomic E-state index is -0.00869. The molecule has 0 spiro atoms. The van der Waals surface area contributed by atoms with Crippen LogP contribution in [0.25, 0.3) is 0 Å². The Labute approximate surface area is 126 Å². The molecule has 0 aliphatic carbocycles. The number of hydrogen-bond donors (Lipinski definition) is 2. The fourth-order valence-corrected chi connectivity index (χ4v) is 3.03. The van der Waals surface area contributed by atoms with Gasteiger partial charge in [0.25, 0.3) is 0 Å². The number of nitrogens with one attached hydrogen (secondary N) is 1. The van der Waals surface area contributed by atoms with E-state index >= 15 is 0 Å². The average Bonchev–Trinajstić information content (AvgIpc) is 2.97. The predicted octanol–water partition coefficient (Wildman–Crippen LogP) is 2.75. The van der Waals surface area contributed by atoms with Gasteiger partial charge >= 0.3 is 0 Å². The van der Waals surface area contributed by atoms with E-state index in [-0.39, 0.29) is 5.91 Å². The van der Waals surface area contributed by atoms with Gasteiger partial charge in [0.05, 0.1) is 19.4 Å². The molecule has 0 aliphatic heterocycles.